The number of hydrogen-bond donors (Lipinski definition) is 1. The normalized spacial score (nSPS) is 43.7. The molecule has 2 rings (SSSR count). The van der Waals surface area contributed by atoms with Crippen molar-refractivity contribution in [3.05, 3.63) is 0 Å². The third-order valence-electron chi connectivity index (χ3n) is 2.72. The average Bonchev–Trinajstić information content (AvgIpc) is 2.35. The summed E-state index contributed by atoms with van der Waals surface area (Å²) in [5, 5.41) is 3.41. The summed E-state index contributed by atoms with van der Waals surface area (Å²) >= 11 is 0. The number of hydrogen-bond acceptors (Lipinski definition) is 2. The zero-order valence-corrected chi connectivity index (χ0v) is 5.93. The fourth-order valence-electron chi connectivity index (χ4n) is 2.06. The van der Waals surface area contributed by atoms with Gasteiger partial charge in [-0.3, -0.25) is 0 Å². The molecular weight excluding hydrogens is 112 g/mol. The topological polar surface area (TPSA) is 15.3 Å². The minimum absolute atomic E-state index is 0.866. The van der Waals surface area contributed by atoms with Gasteiger partial charge < -0.3 is 10.2 Å². The molecule has 0 aromatic carbocycles. The van der Waals surface area contributed by atoms with Crippen LogP contribution in [0.4, 0.5) is 0 Å². The van der Waals surface area contributed by atoms with Crippen LogP contribution in [0.3, 0.4) is 0 Å². The van der Waals surface area contributed by atoms with E-state index in [0.717, 1.165) is 12.0 Å². The highest BCUT2D eigenvalue weighted by molar-refractivity contribution is 4.92. The molecule has 2 heterocycles. The smallest absolute Gasteiger partial charge is 0.0258 e. The number of rotatable bonds is 0. The first-order chi connectivity index (χ1) is 4.38. The molecule has 2 nitrogen and oxygen atoms in total. The quantitative estimate of drug-likeness (QED) is 0.488. The third-order valence-corrected chi connectivity index (χ3v) is 2.72. The van der Waals surface area contributed by atoms with Crippen molar-refractivity contribution in [2.75, 3.05) is 26.7 Å². The maximum atomic E-state index is 3.41. The summed E-state index contributed by atoms with van der Waals surface area (Å²) in [7, 11) is 2.23. The Morgan fingerprint density at radius 3 is 3.11 bits per heavy atom. The Morgan fingerprint density at radius 1 is 1.44 bits per heavy atom. The van der Waals surface area contributed by atoms with Crippen LogP contribution in [0.2, 0.25) is 0 Å². The molecule has 2 atom stereocenters. The molecule has 0 amide bonds. The van der Waals surface area contributed by atoms with E-state index in [2.05, 4.69) is 17.3 Å². The first-order valence-corrected chi connectivity index (χ1v) is 3.79. The molecule has 1 N–H and O–H groups in total. The van der Waals surface area contributed by atoms with Crippen LogP contribution in [-0.2, 0) is 0 Å². The zero-order valence-electron chi connectivity index (χ0n) is 5.93. The lowest BCUT2D eigenvalue weighted by Crippen LogP contribution is -2.30. The van der Waals surface area contributed by atoms with Crippen molar-refractivity contribution in [3.63, 3.8) is 0 Å². The molecule has 0 bridgehead atoms. The van der Waals surface area contributed by atoms with E-state index in [0.29, 0.717) is 0 Å². The molecule has 0 aromatic heterocycles. The summed E-state index contributed by atoms with van der Waals surface area (Å²) in [6, 6.07) is 0.866. The van der Waals surface area contributed by atoms with Gasteiger partial charge in [-0.25, -0.2) is 0 Å². The van der Waals surface area contributed by atoms with Gasteiger partial charge in [-0.1, -0.05) is 0 Å². The fraction of sp³-hybridized carbons (Fsp3) is 1.00. The van der Waals surface area contributed by atoms with Gasteiger partial charge in [-0.15, -0.1) is 0 Å². The molecule has 0 radical (unpaired) electrons. The monoisotopic (exact) mass is 126 g/mol. The second-order valence-corrected chi connectivity index (χ2v) is 3.25. The van der Waals surface area contributed by atoms with Crippen LogP contribution in [0.5, 0.6) is 0 Å². The summed E-state index contributed by atoms with van der Waals surface area (Å²) < 4.78 is 0. The second-order valence-electron chi connectivity index (χ2n) is 3.25. The first-order valence-electron chi connectivity index (χ1n) is 3.79. The van der Waals surface area contributed by atoms with E-state index in [4.69, 9.17) is 0 Å². The SMILES string of the molecule is CN1CC[C@@H]2CNC[C@@H]21. The van der Waals surface area contributed by atoms with Crippen molar-refractivity contribution >= 4 is 0 Å². The van der Waals surface area contributed by atoms with Crippen LogP contribution in [0.25, 0.3) is 0 Å². The zero-order chi connectivity index (χ0) is 6.27. The van der Waals surface area contributed by atoms with Crippen molar-refractivity contribution in [1.82, 2.24) is 10.2 Å². The summed E-state index contributed by atoms with van der Waals surface area (Å²) in [5.74, 6) is 0.968. The van der Waals surface area contributed by atoms with E-state index in [1.165, 1.54) is 26.1 Å². The Morgan fingerprint density at radius 2 is 2.33 bits per heavy atom. The van der Waals surface area contributed by atoms with Crippen LogP contribution < -0.4 is 5.32 Å². The summed E-state index contributed by atoms with van der Waals surface area (Å²) in [6.45, 7) is 3.80. The molecule has 9 heavy (non-hydrogen) atoms. The Labute approximate surface area is 56.2 Å². The molecule has 2 heteroatoms. The van der Waals surface area contributed by atoms with Crippen LogP contribution in [0.1, 0.15) is 6.42 Å². The highest BCUT2D eigenvalue weighted by Crippen LogP contribution is 2.24. The number of likely N-dealkylation sites (tertiary alicyclic amines) is 1. The van der Waals surface area contributed by atoms with E-state index >= 15 is 0 Å². The maximum Gasteiger partial charge on any atom is 0.0258 e. The maximum absolute atomic E-state index is 3.41. The standard InChI is InChI=1S/C7H14N2/c1-9-3-2-6-4-8-5-7(6)9/h6-8H,2-5H2,1H3/t6-,7+/m1/s1. The van der Waals surface area contributed by atoms with Gasteiger partial charge in [0.2, 0.25) is 0 Å². The highest BCUT2D eigenvalue weighted by Gasteiger charge is 2.34. The molecule has 2 aliphatic heterocycles. The summed E-state index contributed by atoms with van der Waals surface area (Å²) in [5.41, 5.74) is 0. The van der Waals surface area contributed by atoms with Crippen LogP contribution in [0, 0.1) is 5.92 Å². The molecule has 0 unspecified atom stereocenters. The van der Waals surface area contributed by atoms with Gasteiger partial charge in [-0.05, 0) is 32.5 Å². The lowest BCUT2D eigenvalue weighted by molar-refractivity contribution is 0.308. The largest absolute Gasteiger partial charge is 0.315 e. The number of fused-ring (bicyclic) bond motifs is 1. The predicted molar refractivity (Wildman–Crippen MR) is 37.4 cm³/mol. The van der Waals surface area contributed by atoms with Crippen molar-refractivity contribution in [3.8, 4) is 0 Å². The Kier molecular flexibility index (Phi) is 1.24. The third kappa shape index (κ3) is 0.775. The van der Waals surface area contributed by atoms with Crippen LogP contribution >= 0.6 is 0 Å². The predicted octanol–water partition coefficient (Wildman–Crippen LogP) is -0.0901. The fourth-order valence-corrected chi connectivity index (χ4v) is 2.06. The van der Waals surface area contributed by atoms with Gasteiger partial charge in [0.1, 0.15) is 0 Å². The van der Waals surface area contributed by atoms with Crippen LogP contribution in [-0.4, -0.2) is 37.6 Å². The van der Waals surface area contributed by atoms with Crippen molar-refractivity contribution in [2.24, 2.45) is 5.92 Å². The molecule has 0 saturated carbocycles. The number of nitrogens with one attached hydrogen (secondary N) is 1. The van der Waals surface area contributed by atoms with E-state index in [-0.39, 0.29) is 0 Å². The van der Waals surface area contributed by atoms with Crippen molar-refractivity contribution in [2.45, 2.75) is 12.5 Å². The Hall–Kier alpha value is -0.0800. The molecular formula is C7H14N2. The van der Waals surface area contributed by atoms with Crippen LogP contribution in [0.15, 0.2) is 0 Å². The van der Waals surface area contributed by atoms with E-state index in [9.17, 15) is 0 Å². The Bertz CT molecular complexity index is 113. The van der Waals surface area contributed by atoms with E-state index in [1.807, 2.05) is 0 Å². The number of likely N-dealkylation sites (N-methyl/N-ethyl adjacent to an activating group) is 1. The average molecular weight is 126 g/mol. The molecule has 0 aromatic rings. The Balaban J connectivity index is 2.07. The summed E-state index contributed by atoms with van der Waals surface area (Å²) in [4.78, 5) is 2.48. The number of nitrogens with zero attached hydrogens (tertiary/aromatic N) is 1. The lowest BCUT2D eigenvalue weighted by Gasteiger charge is -2.16. The van der Waals surface area contributed by atoms with Gasteiger partial charge >= 0.3 is 0 Å². The van der Waals surface area contributed by atoms with Gasteiger partial charge in [0.05, 0.1) is 0 Å². The minimum atomic E-state index is 0.866. The molecule has 52 valence electrons. The van der Waals surface area contributed by atoms with Gasteiger partial charge in [0.25, 0.3) is 0 Å². The lowest BCUT2D eigenvalue weighted by atomic mass is 10.1. The summed E-state index contributed by atoms with van der Waals surface area (Å²) in [6.07, 6.45) is 1.41. The minimum Gasteiger partial charge on any atom is -0.315 e. The molecule has 0 spiro atoms. The highest BCUT2D eigenvalue weighted by atomic mass is 15.2. The van der Waals surface area contributed by atoms with Crippen molar-refractivity contribution in [1.29, 1.82) is 0 Å². The molecule has 2 aliphatic rings. The van der Waals surface area contributed by atoms with E-state index in [1.54, 1.807) is 0 Å². The van der Waals surface area contributed by atoms with E-state index < -0.39 is 0 Å². The van der Waals surface area contributed by atoms with Gasteiger partial charge in [-0.2, -0.15) is 0 Å². The molecule has 0 aliphatic carbocycles. The first kappa shape index (κ1) is 5.69. The molecule has 2 fully saturated rings. The van der Waals surface area contributed by atoms with Crippen molar-refractivity contribution < 1.29 is 0 Å². The van der Waals surface area contributed by atoms with Gasteiger partial charge in [0.15, 0.2) is 0 Å². The molecule has 2 saturated heterocycles. The van der Waals surface area contributed by atoms with Gasteiger partial charge in [0, 0.05) is 12.6 Å². The second kappa shape index (κ2) is 1.96.